The van der Waals surface area contributed by atoms with Gasteiger partial charge in [0.25, 0.3) is 5.91 Å². The first-order valence-electron chi connectivity index (χ1n) is 9.00. The lowest BCUT2D eigenvalue weighted by molar-refractivity contribution is -0.144. The zero-order valence-electron chi connectivity index (χ0n) is 16.3. The monoisotopic (exact) mass is 383 g/mol. The smallest absolute Gasteiger partial charge is 0.331 e. The first-order chi connectivity index (χ1) is 13.4. The molecule has 28 heavy (non-hydrogen) atoms. The van der Waals surface area contributed by atoms with Gasteiger partial charge in [-0.15, -0.1) is 0 Å². The first kappa shape index (κ1) is 21.0. The summed E-state index contributed by atoms with van der Waals surface area (Å²) in [6.07, 6.45) is 3.46. The van der Waals surface area contributed by atoms with Gasteiger partial charge in [-0.05, 0) is 42.7 Å². The number of ether oxygens (including phenoxy) is 2. The normalized spacial score (nSPS) is 11.8. The van der Waals surface area contributed by atoms with Crippen molar-refractivity contribution < 1.29 is 24.2 Å². The van der Waals surface area contributed by atoms with Gasteiger partial charge in [0.15, 0.2) is 18.1 Å². The van der Waals surface area contributed by atoms with Gasteiger partial charge < -0.3 is 19.9 Å². The van der Waals surface area contributed by atoms with E-state index in [0.29, 0.717) is 11.3 Å². The van der Waals surface area contributed by atoms with Crippen molar-refractivity contribution in [1.29, 1.82) is 0 Å². The maximum atomic E-state index is 12.1. The van der Waals surface area contributed by atoms with E-state index >= 15 is 0 Å². The van der Waals surface area contributed by atoms with Gasteiger partial charge >= 0.3 is 5.97 Å². The molecule has 0 aliphatic heterocycles. The molecular formula is C22H25NO5. The summed E-state index contributed by atoms with van der Waals surface area (Å²) < 4.78 is 10.00. The molecule has 0 aliphatic carbocycles. The lowest BCUT2D eigenvalue weighted by atomic mass is 10.0. The highest BCUT2D eigenvalue weighted by Gasteiger charge is 2.13. The molecule has 0 saturated carbocycles. The van der Waals surface area contributed by atoms with Gasteiger partial charge in [-0.25, -0.2) is 4.79 Å². The molecule has 0 aromatic heterocycles. The number of aryl methyl sites for hydroxylation is 1. The van der Waals surface area contributed by atoms with Crippen LogP contribution in [0.15, 0.2) is 48.5 Å². The van der Waals surface area contributed by atoms with Crippen LogP contribution in [0.25, 0.3) is 6.08 Å². The minimum absolute atomic E-state index is 0.0120. The van der Waals surface area contributed by atoms with Crippen molar-refractivity contribution in [3.05, 3.63) is 65.2 Å². The number of carbonyl (C=O) groups excluding carboxylic acids is 2. The van der Waals surface area contributed by atoms with Gasteiger partial charge in [-0.2, -0.15) is 0 Å². The SMILES string of the molecule is CC[C@@H](NC(=O)COC(=O)/C=C/c1ccc(O)c(OC)c1)c1ccc(C)cc1. The predicted molar refractivity (Wildman–Crippen MR) is 107 cm³/mol. The predicted octanol–water partition coefficient (Wildman–Crippen LogP) is 3.53. The van der Waals surface area contributed by atoms with E-state index in [1.165, 1.54) is 25.3 Å². The summed E-state index contributed by atoms with van der Waals surface area (Å²) in [6, 6.07) is 12.5. The van der Waals surface area contributed by atoms with Crippen LogP contribution < -0.4 is 10.1 Å². The highest BCUT2D eigenvalue weighted by Crippen LogP contribution is 2.26. The van der Waals surface area contributed by atoms with Crippen molar-refractivity contribution in [2.75, 3.05) is 13.7 Å². The molecule has 6 heteroatoms. The van der Waals surface area contributed by atoms with E-state index in [9.17, 15) is 14.7 Å². The van der Waals surface area contributed by atoms with Gasteiger partial charge in [0, 0.05) is 6.08 Å². The minimum Gasteiger partial charge on any atom is -0.504 e. The number of phenols is 1. The van der Waals surface area contributed by atoms with Crippen LogP contribution >= 0.6 is 0 Å². The van der Waals surface area contributed by atoms with Crippen LogP contribution in [-0.2, 0) is 14.3 Å². The summed E-state index contributed by atoms with van der Waals surface area (Å²) in [5.74, 6) is -0.680. The van der Waals surface area contributed by atoms with E-state index in [1.807, 2.05) is 38.1 Å². The zero-order valence-corrected chi connectivity index (χ0v) is 16.3. The number of benzene rings is 2. The molecule has 6 nitrogen and oxygen atoms in total. The summed E-state index contributed by atoms with van der Waals surface area (Å²) in [4.78, 5) is 23.9. The second-order valence-corrected chi connectivity index (χ2v) is 6.31. The standard InChI is InChI=1S/C22H25NO5/c1-4-18(17-9-5-15(2)6-10-17)23-21(25)14-28-22(26)12-8-16-7-11-19(24)20(13-16)27-3/h5-13,18,24H,4,14H2,1-3H3,(H,23,25)/b12-8+/t18-/m1/s1. The van der Waals surface area contributed by atoms with E-state index in [0.717, 1.165) is 17.5 Å². The molecule has 0 fully saturated rings. The minimum atomic E-state index is -0.634. The summed E-state index contributed by atoms with van der Waals surface area (Å²) in [5.41, 5.74) is 2.81. The van der Waals surface area contributed by atoms with Gasteiger partial charge in [0.2, 0.25) is 0 Å². The Morgan fingerprint density at radius 2 is 1.89 bits per heavy atom. The molecule has 148 valence electrons. The van der Waals surface area contributed by atoms with Crippen LogP contribution in [-0.4, -0.2) is 30.7 Å². The number of hydrogen-bond acceptors (Lipinski definition) is 5. The fraction of sp³-hybridized carbons (Fsp3) is 0.273. The molecule has 0 spiro atoms. The topological polar surface area (TPSA) is 84.9 Å². The Balaban J connectivity index is 1.86. The van der Waals surface area contributed by atoms with Gasteiger partial charge in [-0.1, -0.05) is 42.8 Å². The molecule has 0 unspecified atom stereocenters. The van der Waals surface area contributed by atoms with Crippen LogP contribution in [0, 0.1) is 6.92 Å². The Morgan fingerprint density at radius 1 is 1.18 bits per heavy atom. The van der Waals surface area contributed by atoms with Crippen molar-refractivity contribution >= 4 is 18.0 Å². The summed E-state index contributed by atoms with van der Waals surface area (Å²) in [7, 11) is 1.44. The zero-order chi connectivity index (χ0) is 20.5. The Kier molecular flexibility index (Phi) is 7.63. The first-order valence-corrected chi connectivity index (χ1v) is 9.00. The Hall–Kier alpha value is -3.28. The Bertz CT molecular complexity index is 843. The molecule has 1 atom stereocenters. The summed E-state index contributed by atoms with van der Waals surface area (Å²) in [5, 5.41) is 12.4. The molecule has 2 N–H and O–H groups in total. The Labute approximate surface area is 164 Å². The van der Waals surface area contributed by atoms with Crippen LogP contribution in [0.3, 0.4) is 0 Å². The quantitative estimate of drug-likeness (QED) is 0.538. The number of methoxy groups -OCH3 is 1. The molecule has 2 aromatic carbocycles. The third-order valence-electron chi connectivity index (χ3n) is 4.18. The van der Waals surface area contributed by atoms with Gasteiger partial charge in [0.1, 0.15) is 0 Å². The number of phenolic OH excluding ortho intramolecular Hbond substituents is 1. The maximum absolute atomic E-state index is 12.1. The van der Waals surface area contributed by atoms with E-state index in [-0.39, 0.29) is 24.3 Å². The number of carbonyl (C=O) groups is 2. The molecule has 2 aromatic rings. The highest BCUT2D eigenvalue weighted by atomic mass is 16.5. The molecular weight excluding hydrogens is 358 g/mol. The maximum Gasteiger partial charge on any atom is 0.331 e. The van der Waals surface area contributed by atoms with Crippen LogP contribution in [0.5, 0.6) is 11.5 Å². The van der Waals surface area contributed by atoms with Crippen molar-refractivity contribution in [3.63, 3.8) is 0 Å². The molecule has 1 amide bonds. The molecule has 0 aliphatic rings. The van der Waals surface area contributed by atoms with Crippen molar-refractivity contribution in [2.45, 2.75) is 26.3 Å². The number of rotatable bonds is 8. The third-order valence-corrected chi connectivity index (χ3v) is 4.18. The molecule has 0 heterocycles. The van der Waals surface area contributed by atoms with Crippen molar-refractivity contribution in [2.24, 2.45) is 0 Å². The van der Waals surface area contributed by atoms with E-state index in [1.54, 1.807) is 12.1 Å². The van der Waals surface area contributed by atoms with Crippen LogP contribution in [0.1, 0.15) is 36.1 Å². The fourth-order valence-electron chi connectivity index (χ4n) is 2.60. The number of aromatic hydroxyl groups is 1. The summed E-state index contributed by atoms with van der Waals surface area (Å²) >= 11 is 0. The Morgan fingerprint density at radius 3 is 2.54 bits per heavy atom. The summed E-state index contributed by atoms with van der Waals surface area (Å²) in [6.45, 7) is 3.63. The average Bonchev–Trinajstić information content (AvgIpc) is 2.70. The van der Waals surface area contributed by atoms with E-state index in [2.05, 4.69) is 5.32 Å². The highest BCUT2D eigenvalue weighted by molar-refractivity contribution is 5.89. The third kappa shape index (κ3) is 6.16. The number of hydrogen-bond donors (Lipinski definition) is 2. The second kappa shape index (κ2) is 10.2. The second-order valence-electron chi connectivity index (χ2n) is 6.31. The van der Waals surface area contributed by atoms with Gasteiger partial charge in [-0.3, -0.25) is 4.79 Å². The van der Waals surface area contributed by atoms with Crippen molar-refractivity contribution in [3.8, 4) is 11.5 Å². The van der Waals surface area contributed by atoms with Gasteiger partial charge in [0.05, 0.1) is 13.2 Å². The number of esters is 1. The van der Waals surface area contributed by atoms with E-state index < -0.39 is 5.97 Å². The average molecular weight is 383 g/mol. The number of amides is 1. The lowest BCUT2D eigenvalue weighted by Crippen LogP contribution is -2.32. The molecule has 0 saturated heterocycles. The van der Waals surface area contributed by atoms with Crippen LogP contribution in [0.2, 0.25) is 0 Å². The van der Waals surface area contributed by atoms with Crippen molar-refractivity contribution in [1.82, 2.24) is 5.32 Å². The van der Waals surface area contributed by atoms with Crippen LogP contribution in [0.4, 0.5) is 0 Å². The fourth-order valence-corrected chi connectivity index (χ4v) is 2.60. The van der Waals surface area contributed by atoms with E-state index in [4.69, 9.17) is 9.47 Å². The molecule has 2 rings (SSSR count). The lowest BCUT2D eigenvalue weighted by Gasteiger charge is -2.17. The molecule has 0 bridgehead atoms. The number of nitrogens with one attached hydrogen (secondary N) is 1. The molecule has 0 radical (unpaired) electrons. The largest absolute Gasteiger partial charge is 0.504 e.